The zero-order valence-electron chi connectivity index (χ0n) is 27.0. The molecule has 2 aromatic rings. The maximum Gasteiger partial charge on any atom is 0.269 e. The van der Waals surface area contributed by atoms with Gasteiger partial charge in [0.2, 0.25) is 11.8 Å². The maximum absolute atomic E-state index is 14.7. The van der Waals surface area contributed by atoms with Crippen molar-refractivity contribution in [1.29, 1.82) is 0 Å². The van der Waals surface area contributed by atoms with Gasteiger partial charge in [-0.2, -0.15) is 0 Å². The van der Waals surface area contributed by atoms with E-state index in [-0.39, 0.29) is 49.2 Å². The summed E-state index contributed by atoms with van der Waals surface area (Å²) < 4.78 is 6.72. The lowest BCUT2D eigenvalue weighted by Crippen LogP contribution is -2.46. The summed E-state index contributed by atoms with van der Waals surface area (Å²) in [4.78, 5) is 67.2. The largest absolute Gasteiger partial charge is 0.432 e. The van der Waals surface area contributed by atoms with Gasteiger partial charge in [-0.25, -0.2) is 0 Å². The number of non-ortho nitro benzene ring substituents is 1. The summed E-state index contributed by atoms with van der Waals surface area (Å²) >= 11 is 0. The highest BCUT2D eigenvalue weighted by molar-refractivity contribution is 6.71. The summed E-state index contributed by atoms with van der Waals surface area (Å²) in [5.74, 6) is -1.37. The molecular weight excluding hydrogens is 622 g/mol. The summed E-state index contributed by atoms with van der Waals surface area (Å²) in [6, 6.07) is 11.0. The van der Waals surface area contributed by atoms with Gasteiger partial charge in [-0.15, -0.1) is 0 Å². The number of carbonyl (C=O) groups is 3. The van der Waals surface area contributed by atoms with Crippen LogP contribution < -0.4 is 15.5 Å². The number of aliphatic hydroxyl groups is 1. The number of anilines is 2. The van der Waals surface area contributed by atoms with E-state index in [0.717, 1.165) is 31.4 Å². The first kappa shape index (κ1) is 33.2. The minimum Gasteiger partial charge on any atom is -0.432 e. The molecule has 0 aromatic heterocycles. The van der Waals surface area contributed by atoms with Crippen molar-refractivity contribution < 1.29 is 33.9 Å². The van der Waals surface area contributed by atoms with Gasteiger partial charge in [0.25, 0.3) is 11.6 Å². The number of hydrogen-bond donors (Lipinski definition) is 4. The number of fused-ring (bicyclic) bond motifs is 2. The van der Waals surface area contributed by atoms with E-state index in [2.05, 4.69) is 10.6 Å². The summed E-state index contributed by atoms with van der Waals surface area (Å²) in [7, 11) is -3.09. The Labute approximate surface area is 274 Å². The molecule has 14 heteroatoms. The van der Waals surface area contributed by atoms with Crippen molar-refractivity contribution in [1.82, 2.24) is 10.2 Å². The predicted octanol–water partition coefficient (Wildman–Crippen LogP) is 3.00. The van der Waals surface area contributed by atoms with Crippen LogP contribution in [0.2, 0.25) is 18.6 Å². The minimum absolute atomic E-state index is 0.0839. The third-order valence-electron chi connectivity index (χ3n) is 10.4. The molecule has 252 valence electrons. The van der Waals surface area contributed by atoms with E-state index >= 15 is 0 Å². The lowest BCUT2D eigenvalue weighted by molar-refractivity contribution is -0.385. The highest BCUT2D eigenvalue weighted by Gasteiger charge is 2.66. The Bertz CT molecular complexity index is 1580. The van der Waals surface area contributed by atoms with Crippen molar-refractivity contribution in [2.24, 2.45) is 5.92 Å². The molecule has 3 fully saturated rings. The van der Waals surface area contributed by atoms with Crippen molar-refractivity contribution in [3.8, 4) is 0 Å². The average molecular weight is 666 g/mol. The van der Waals surface area contributed by atoms with Gasteiger partial charge in [0.1, 0.15) is 0 Å². The Kier molecular flexibility index (Phi) is 9.00. The highest BCUT2D eigenvalue weighted by Crippen LogP contribution is 2.60. The number of ether oxygens (including phenoxy) is 1. The Hall–Kier alpha value is -3.69. The van der Waals surface area contributed by atoms with E-state index in [1.54, 1.807) is 47.2 Å². The topological polar surface area (TPSA) is 175 Å². The van der Waals surface area contributed by atoms with E-state index in [0.29, 0.717) is 29.9 Å². The van der Waals surface area contributed by atoms with E-state index in [4.69, 9.17) is 4.74 Å². The van der Waals surface area contributed by atoms with Crippen LogP contribution in [0.5, 0.6) is 0 Å². The predicted molar refractivity (Wildman–Crippen MR) is 176 cm³/mol. The first-order valence-electron chi connectivity index (χ1n) is 16.4. The molecule has 6 atom stereocenters. The number of likely N-dealkylation sites (tertiary alicyclic amines) is 1. The van der Waals surface area contributed by atoms with Crippen molar-refractivity contribution in [2.45, 2.75) is 88.0 Å². The fourth-order valence-electron chi connectivity index (χ4n) is 8.25. The smallest absolute Gasteiger partial charge is 0.269 e. The molecule has 0 saturated carbocycles. The number of rotatable bonds is 9. The third kappa shape index (κ3) is 5.97. The number of hydrogen-bond acceptors (Lipinski definition) is 9. The fourth-order valence-corrected chi connectivity index (χ4v) is 10.8. The molecule has 3 saturated heterocycles. The number of nitrogens with one attached hydrogen (secondary N) is 2. The second-order valence-electron chi connectivity index (χ2n) is 13.8. The standard InChI is InChI=1S/C33H43N5O8Si/c1-20-30(47(2,3)45)28(17-29(40)36-14-6-9-24(36)19-39)46-33(20)25-16-23(38(43)44)11-12-27(25)37(32(33)42)18-21-7-4-8-22(15-21)35-31(41)26-10-5-13-34-26/h4,7-8,11-12,15-16,20,24,26,28,30,34,39,45H,5-6,9-10,13-14,17-19H2,1-3H3,(H,35,41)/t20-,24-,26+,28+,30-,33+/m0/s1. The molecule has 4 aliphatic rings. The molecule has 4 heterocycles. The van der Waals surface area contributed by atoms with Gasteiger partial charge < -0.3 is 35.1 Å². The van der Waals surface area contributed by atoms with Crippen LogP contribution in [-0.2, 0) is 31.3 Å². The summed E-state index contributed by atoms with van der Waals surface area (Å²) in [6.45, 7) is 6.60. The van der Waals surface area contributed by atoms with Crippen LogP contribution in [0.3, 0.4) is 0 Å². The zero-order chi connectivity index (χ0) is 33.7. The molecule has 1 spiro atoms. The number of nitro benzene ring substituents is 1. The fraction of sp³-hybridized carbons (Fsp3) is 0.545. The van der Waals surface area contributed by atoms with Crippen LogP contribution in [0, 0.1) is 16.0 Å². The molecule has 4 aliphatic heterocycles. The number of carbonyl (C=O) groups excluding carboxylic acids is 3. The molecule has 0 unspecified atom stereocenters. The van der Waals surface area contributed by atoms with Gasteiger partial charge in [-0.05, 0) is 69.1 Å². The van der Waals surface area contributed by atoms with Crippen LogP contribution in [0.4, 0.5) is 17.1 Å². The molecular formula is C33H43N5O8Si. The molecule has 4 N–H and O–H groups in total. The third-order valence-corrected chi connectivity index (χ3v) is 12.9. The maximum atomic E-state index is 14.7. The first-order valence-corrected chi connectivity index (χ1v) is 19.4. The van der Waals surface area contributed by atoms with Crippen LogP contribution in [0.1, 0.15) is 50.2 Å². The van der Waals surface area contributed by atoms with Gasteiger partial charge in [0.05, 0.1) is 48.4 Å². The van der Waals surface area contributed by atoms with E-state index in [1.165, 1.54) is 12.1 Å². The molecule has 47 heavy (non-hydrogen) atoms. The molecule has 3 amide bonds. The lowest BCUT2D eigenvalue weighted by Gasteiger charge is -2.32. The van der Waals surface area contributed by atoms with Crippen LogP contribution >= 0.6 is 0 Å². The Balaban J connectivity index is 1.34. The van der Waals surface area contributed by atoms with E-state index in [9.17, 15) is 34.4 Å². The normalized spacial score (nSPS) is 28.7. The summed E-state index contributed by atoms with van der Waals surface area (Å²) in [6.07, 6.45) is 2.27. The molecule has 0 bridgehead atoms. The number of nitro groups is 1. The zero-order valence-corrected chi connectivity index (χ0v) is 28.0. The number of nitrogens with zero attached hydrogens (tertiary/aromatic N) is 3. The molecule has 13 nitrogen and oxygen atoms in total. The monoisotopic (exact) mass is 665 g/mol. The molecule has 2 aromatic carbocycles. The highest BCUT2D eigenvalue weighted by atomic mass is 28.4. The molecule has 6 rings (SSSR count). The van der Waals surface area contributed by atoms with E-state index < -0.39 is 42.3 Å². The van der Waals surface area contributed by atoms with Crippen molar-refractivity contribution >= 4 is 43.1 Å². The number of aliphatic hydroxyl groups excluding tert-OH is 1. The van der Waals surface area contributed by atoms with Crippen LogP contribution in [0.15, 0.2) is 42.5 Å². The first-order chi connectivity index (χ1) is 22.3. The summed E-state index contributed by atoms with van der Waals surface area (Å²) in [5, 5.41) is 27.9. The van der Waals surface area contributed by atoms with Gasteiger partial charge in [-0.3, -0.25) is 24.5 Å². The van der Waals surface area contributed by atoms with Gasteiger partial charge in [0, 0.05) is 41.4 Å². The minimum atomic E-state index is -3.09. The van der Waals surface area contributed by atoms with Crippen LogP contribution in [-0.4, -0.2) is 83.6 Å². The van der Waals surface area contributed by atoms with Crippen molar-refractivity contribution in [3.05, 3.63) is 63.7 Å². The van der Waals surface area contributed by atoms with Crippen LogP contribution in [0.25, 0.3) is 0 Å². The van der Waals surface area contributed by atoms with E-state index in [1.807, 2.05) is 13.0 Å². The van der Waals surface area contributed by atoms with Gasteiger partial charge in [-0.1, -0.05) is 19.1 Å². The summed E-state index contributed by atoms with van der Waals surface area (Å²) in [5.41, 5.74) is -0.281. The Morgan fingerprint density at radius 3 is 2.66 bits per heavy atom. The average Bonchev–Trinajstić information content (AvgIpc) is 3.81. The van der Waals surface area contributed by atoms with Crippen molar-refractivity contribution in [3.63, 3.8) is 0 Å². The second-order valence-corrected chi connectivity index (χ2v) is 17.8. The van der Waals surface area contributed by atoms with Gasteiger partial charge >= 0.3 is 0 Å². The van der Waals surface area contributed by atoms with Gasteiger partial charge in [0.15, 0.2) is 13.9 Å². The Morgan fingerprint density at radius 1 is 1.19 bits per heavy atom. The second kappa shape index (κ2) is 12.7. The molecule has 0 radical (unpaired) electrons. The Morgan fingerprint density at radius 2 is 1.98 bits per heavy atom. The lowest BCUT2D eigenvalue weighted by atomic mass is 9.82. The number of benzene rings is 2. The van der Waals surface area contributed by atoms with Crippen molar-refractivity contribution in [2.75, 3.05) is 29.9 Å². The quantitative estimate of drug-likeness (QED) is 0.178. The SMILES string of the molecule is C[C@H]1[C@H]([Si](C)(C)O)[C@@H](CC(=O)N2CCC[C@H]2CO)O[C@]12C(=O)N(Cc1cccc(NC(=O)[C@H]3CCCN3)c1)c1ccc([N+](=O)[O-])cc12. The molecule has 0 aliphatic carbocycles. The number of amides is 3.